The third-order valence-corrected chi connectivity index (χ3v) is 4.47. The maximum atomic E-state index is 12.9. The third kappa shape index (κ3) is 2.91. The van der Waals surface area contributed by atoms with Crippen molar-refractivity contribution in [2.24, 2.45) is 10.2 Å². The third-order valence-electron chi connectivity index (χ3n) is 4.22. The number of urea groups is 1. The Kier molecular flexibility index (Phi) is 4.36. The standard InChI is InChI=1S/C18H14ClN7O2/c1-24-15-14(22-21-13-7-5-12(19)6-8-13)16(25(2)18(24)28)26(23-15)17(27)11-4-3-9-20-10-11/h3-10H,1-2H3. The van der Waals surface area contributed by atoms with Crippen LogP contribution in [0.5, 0.6) is 0 Å². The van der Waals surface area contributed by atoms with Crippen LogP contribution in [0.4, 0.5) is 27.8 Å². The number of hydrogen-bond acceptors (Lipinski definition) is 6. The van der Waals surface area contributed by atoms with E-state index in [0.717, 1.165) is 4.68 Å². The molecule has 3 aromatic rings. The number of carbonyl (C=O) groups excluding carboxylic acids is 2. The highest BCUT2D eigenvalue weighted by atomic mass is 35.5. The molecular weight excluding hydrogens is 382 g/mol. The molecular formula is C18H14ClN7O2. The SMILES string of the molecule is CN1C(=O)N(C)c2c(N=Nc3ccc(Cl)cc3)c1nn2C(=O)c1cccnc1. The van der Waals surface area contributed by atoms with E-state index in [4.69, 9.17) is 11.6 Å². The minimum Gasteiger partial charge on any atom is -0.279 e. The summed E-state index contributed by atoms with van der Waals surface area (Å²) < 4.78 is 1.14. The second-order valence-corrected chi connectivity index (χ2v) is 6.47. The zero-order valence-corrected chi connectivity index (χ0v) is 15.7. The Labute approximate surface area is 164 Å². The molecule has 9 nitrogen and oxygen atoms in total. The molecule has 0 radical (unpaired) electrons. The van der Waals surface area contributed by atoms with Gasteiger partial charge in [0.2, 0.25) is 0 Å². The fraction of sp³-hybridized carbons (Fsp3) is 0.111. The Morgan fingerprint density at radius 3 is 2.50 bits per heavy atom. The number of benzene rings is 1. The van der Waals surface area contributed by atoms with E-state index in [-0.39, 0.29) is 17.7 Å². The molecule has 2 amide bonds. The average molecular weight is 396 g/mol. The average Bonchev–Trinajstić information content (AvgIpc) is 3.06. The van der Waals surface area contributed by atoms with E-state index in [0.29, 0.717) is 22.0 Å². The summed E-state index contributed by atoms with van der Waals surface area (Å²) in [4.78, 5) is 31.9. The van der Waals surface area contributed by atoms with Gasteiger partial charge in [0.1, 0.15) is 0 Å². The van der Waals surface area contributed by atoms with Crippen molar-refractivity contribution in [1.82, 2.24) is 14.8 Å². The minimum absolute atomic E-state index is 0.240. The number of fused-ring (bicyclic) bond motifs is 2. The molecule has 0 N–H and O–H groups in total. The number of rotatable bonds is 3. The van der Waals surface area contributed by atoms with Crippen LogP contribution in [0.15, 0.2) is 59.0 Å². The van der Waals surface area contributed by atoms with E-state index in [2.05, 4.69) is 20.3 Å². The molecule has 0 unspecified atom stereocenters. The van der Waals surface area contributed by atoms with E-state index < -0.39 is 5.91 Å². The van der Waals surface area contributed by atoms with Crippen LogP contribution in [-0.4, -0.2) is 40.8 Å². The van der Waals surface area contributed by atoms with Crippen LogP contribution in [0.3, 0.4) is 0 Å². The van der Waals surface area contributed by atoms with Crippen molar-refractivity contribution in [2.75, 3.05) is 23.9 Å². The monoisotopic (exact) mass is 395 g/mol. The normalized spacial score (nSPS) is 13.5. The number of hydrogen-bond donors (Lipinski definition) is 0. The van der Waals surface area contributed by atoms with Crippen LogP contribution >= 0.6 is 11.6 Å². The number of amides is 2. The molecule has 1 aliphatic heterocycles. The van der Waals surface area contributed by atoms with Gasteiger partial charge >= 0.3 is 6.03 Å². The van der Waals surface area contributed by atoms with Crippen LogP contribution in [-0.2, 0) is 0 Å². The Morgan fingerprint density at radius 1 is 1.07 bits per heavy atom. The number of carbonyl (C=O) groups is 2. The van der Waals surface area contributed by atoms with Crippen molar-refractivity contribution in [3.05, 3.63) is 59.4 Å². The number of anilines is 2. The Bertz CT molecular complexity index is 1090. The van der Waals surface area contributed by atoms with Gasteiger partial charge in [0.25, 0.3) is 5.91 Å². The number of pyridine rings is 1. The van der Waals surface area contributed by atoms with Crippen LogP contribution in [0.25, 0.3) is 0 Å². The molecule has 4 rings (SSSR count). The van der Waals surface area contributed by atoms with Gasteiger partial charge in [-0.15, -0.1) is 10.2 Å². The molecule has 0 saturated heterocycles. The number of halogens is 1. The summed E-state index contributed by atoms with van der Waals surface area (Å²) >= 11 is 5.88. The lowest BCUT2D eigenvalue weighted by Crippen LogP contribution is -2.41. The zero-order chi connectivity index (χ0) is 19.8. The van der Waals surface area contributed by atoms with Crippen LogP contribution in [0.2, 0.25) is 5.02 Å². The lowest BCUT2D eigenvalue weighted by molar-refractivity contribution is 0.0947. The highest BCUT2D eigenvalue weighted by Gasteiger charge is 2.37. The first-order valence-electron chi connectivity index (χ1n) is 8.24. The zero-order valence-electron chi connectivity index (χ0n) is 14.9. The van der Waals surface area contributed by atoms with Crippen LogP contribution in [0.1, 0.15) is 10.4 Å². The first-order valence-corrected chi connectivity index (χ1v) is 8.61. The lowest BCUT2D eigenvalue weighted by atomic mass is 10.2. The van der Waals surface area contributed by atoms with E-state index in [1.165, 1.54) is 16.0 Å². The number of aromatic nitrogens is 3. The molecule has 28 heavy (non-hydrogen) atoms. The van der Waals surface area contributed by atoms with Crippen molar-refractivity contribution in [3.63, 3.8) is 0 Å². The largest absolute Gasteiger partial charge is 0.330 e. The summed E-state index contributed by atoms with van der Waals surface area (Å²) in [6, 6.07) is 9.75. The second kappa shape index (κ2) is 6.86. The Morgan fingerprint density at radius 2 is 1.82 bits per heavy atom. The van der Waals surface area contributed by atoms with Gasteiger partial charge < -0.3 is 0 Å². The Hall–Kier alpha value is -3.59. The van der Waals surface area contributed by atoms with Gasteiger partial charge in [-0.2, -0.15) is 9.80 Å². The molecule has 1 aliphatic rings. The molecule has 2 aromatic heterocycles. The Balaban J connectivity index is 1.82. The van der Waals surface area contributed by atoms with Gasteiger partial charge in [-0.1, -0.05) is 11.6 Å². The molecule has 1 aromatic carbocycles. The van der Waals surface area contributed by atoms with Gasteiger partial charge in [-0.3, -0.25) is 19.6 Å². The molecule has 140 valence electrons. The molecule has 3 heterocycles. The van der Waals surface area contributed by atoms with E-state index in [1.54, 1.807) is 56.7 Å². The molecule has 0 spiro atoms. The van der Waals surface area contributed by atoms with Crippen molar-refractivity contribution in [2.45, 2.75) is 0 Å². The number of nitrogens with zero attached hydrogens (tertiary/aromatic N) is 7. The summed E-state index contributed by atoms with van der Waals surface area (Å²) in [5.41, 5.74) is 1.23. The second-order valence-electron chi connectivity index (χ2n) is 6.03. The first kappa shape index (κ1) is 17.8. The van der Waals surface area contributed by atoms with Gasteiger partial charge in [0.05, 0.1) is 11.3 Å². The fourth-order valence-corrected chi connectivity index (χ4v) is 2.91. The van der Waals surface area contributed by atoms with Gasteiger partial charge in [-0.05, 0) is 36.4 Å². The van der Waals surface area contributed by atoms with Crippen LogP contribution in [0, 0.1) is 0 Å². The van der Waals surface area contributed by atoms with Crippen molar-refractivity contribution < 1.29 is 9.59 Å². The maximum absolute atomic E-state index is 12.9. The van der Waals surface area contributed by atoms with Gasteiger partial charge in [0, 0.05) is 31.5 Å². The van der Waals surface area contributed by atoms with E-state index in [9.17, 15) is 9.59 Å². The maximum Gasteiger partial charge on any atom is 0.330 e. The summed E-state index contributed by atoms with van der Waals surface area (Å²) in [5.74, 6) is 0.0602. The van der Waals surface area contributed by atoms with Crippen molar-refractivity contribution in [1.29, 1.82) is 0 Å². The van der Waals surface area contributed by atoms with E-state index in [1.807, 2.05) is 0 Å². The number of azo groups is 1. The smallest absolute Gasteiger partial charge is 0.279 e. The topological polar surface area (TPSA) is 96.0 Å². The molecule has 0 saturated carbocycles. The van der Waals surface area contributed by atoms with Crippen LogP contribution < -0.4 is 9.80 Å². The van der Waals surface area contributed by atoms with Crippen molar-refractivity contribution >= 4 is 46.5 Å². The summed E-state index contributed by atoms with van der Waals surface area (Å²) in [7, 11) is 3.11. The molecule has 0 aliphatic carbocycles. The van der Waals surface area contributed by atoms with E-state index >= 15 is 0 Å². The molecule has 2 bridgehead atoms. The van der Waals surface area contributed by atoms with Crippen molar-refractivity contribution in [3.8, 4) is 0 Å². The summed E-state index contributed by atoms with van der Waals surface area (Å²) in [6.45, 7) is 0. The summed E-state index contributed by atoms with van der Waals surface area (Å²) in [6.07, 6.45) is 3.01. The minimum atomic E-state index is -0.424. The van der Waals surface area contributed by atoms with Gasteiger partial charge in [-0.25, -0.2) is 4.79 Å². The predicted molar refractivity (Wildman–Crippen MR) is 104 cm³/mol. The molecule has 0 atom stereocenters. The molecule has 0 fully saturated rings. The first-order chi connectivity index (χ1) is 13.5. The highest BCUT2D eigenvalue weighted by molar-refractivity contribution is 6.30. The highest BCUT2D eigenvalue weighted by Crippen LogP contribution is 2.43. The molecule has 10 heteroatoms. The quantitative estimate of drug-likeness (QED) is 0.625. The summed E-state index contributed by atoms with van der Waals surface area (Å²) in [5, 5.41) is 13.3. The lowest BCUT2D eigenvalue weighted by Gasteiger charge is -2.26. The fourth-order valence-electron chi connectivity index (χ4n) is 2.78. The predicted octanol–water partition coefficient (Wildman–Crippen LogP) is 4.04. The van der Waals surface area contributed by atoms with Gasteiger partial charge in [0.15, 0.2) is 17.3 Å².